The minimum atomic E-state index is 0.452. The molecule has 8 heteroatoms. The molecule has 0 amide bonds. The van der Waals surface area contributed by atoms with Gasteiger partial charge in [-0.05, 0) is 36.2 Å². The van der Waals surface area contributed by atoms with Gasteiger partial charge in [-0.2, -0.15) is 10.1 Å². The molecular formula is C20H23N5O3. The number of methoxy groups -OCH3 is 3. The van der Waals surface area contributed by atoms with Crippen molar-refractivity contribution < 1.29 is 14.2 Å². The topological polar surface area (TPSA) is 90.4 Å². The number of rotatable bonds is 9. The Kier molecular flexibility index (Phi) is 6.46. The molecule has 2 aromatic carbocycles. The normalized spacial score (nSPS) is 10.2. The highest BCUT2D eigenvalue weighted by atomic mass is 16.5. The summed E-state index contributed by atoms with van der Waals surface area (Å²) >= 11 is 0. The second-order valence-electron chi connectivity index (χ2n) is 5.89. The third kappa shape index (κ3) is 5.00. The van der Waals surface area contributed by atoms with E-state index in [1.165, 1.54) is 5.56 Å². The van der Waals surface area contributed by atoms with E-state index in [1.807, 2.05) is 36.4 Å². The third-order valence-electron chi connectivity index (χ3n) is 4.05. The van der Waals surface area contributed by atoms with Crippen molar-refractivity contribution in [1.82, 2.24) is 15.2 Å². The van der Waals surface area contributed by atoms with Crippen LogP contribution in [0.25, 0.3) is 0 Å². The van der Waals surface area contributed by atoms with E-state index < -0.39 is 0 Å². The molecule has 0 bridgehead atoms. The van der Waals surface area contributed by atoms with Crippen molar-refractivity contribution >= 4 is 17.5 Å². The SMILES string of the molecule is COc1cccc(CCNc2nncc(Nc3ccc(OC)c(OC)c3)n2)c1. The van der Waals surface area contributed by atoms with Crippen molar-refractivity contribution in [3.8, 4) is 17.2 Å². The highest BCUT2D eigenvalue weighted by molar-refractivity contribution is 5.61. The second kappa shape index (κ2) is 9.40. The molecule has 0 aliphatic rings. The molecule has 0 spiro atoms. The predicted octanol–water partition coefficient (Wildman–Crippen LogP) is 3.30. The lowest BCUT2D eigenvalue weighted by Crippen LogP contribution is -2.09. The van der Waals surface area contributed by atoms with Crippen molar-refractivity contribution in [1.29, 1.82) is 0 Å². The van der Waals surface area contributed by atoms with E-state index in [0.717, 1.165) is 17.9 Å². The van der Waals surface area contributed by atoms with E-state index >= 15 is 0 Å². The van der Waals surface area contributed by atoms with Gasteiger partial charge in [0, 0.05) is 18.3 Å². The van der Waals surface area contributed by atoms with Gasteiger partial charge in [-0.1, -0.05) is 12.1 Å². The molecule has 3 aromatic rings. The van der Waals surface area contributed by atoms with Crippen LogP contribution >= 0.6 is 0 Å². The van der Waals surface area contributed by atoms with Crippen LogP contribution < -0.4 is 24.8 Å². The minimum Gasteiger partial charge on any atom is -0.497 e. The van der Waals surface area contributed by atoms with E-state index in [0.29, 0.717) is 29.8 Å². The summed E-state index contributed by atoms with van der Waals surface area (Å²) in [6, 6.07) is 13.5. The number of benzene rings is 2. The summed E-state index contributed by atoms with van der Waals surface area (Å²) in [7, 11) is 4.86. The Balaban J connectivity index is 1.60. The molecule has 146 valence electrons. The highest BCUT2D eigenvalue weighted by Crippen LogP contribution is 2.30. The Hall–Kier alpha value is -3.55. The van der Waals surface area contributed by atoms with Crippen LogP contribution in [0.1, 0.15) is 5.56 Å². The fourth-order valence-electron chi connectivity index (χ4n) is 2.65. The minimum absolute atomic E-state index is 0.452. The number of nitrogens with zero attached hydrogens (tertiary/aromatic N) is 3. The number of hydrogen-bond donors (Lipinski definition) is 2. The maximum atomic E-state index is 5.32. The molecular weight excluding hydrogens is 358 g/mol. The van der Waals surface area contributed by atoms with Crippen LogP contribution in [0.4, 0.5) is 17.5 Å². The zero-order valence-electron chi connectivity index (χ0n) is 16.1. The zero-order chi connectivity index (χ0) is 19.8. The molecule has 0 radical (unpaired) electrons. The van der Waals surface area contributed by atoms with E-state index in [9.17, 15) is 0 Å². The Bertz CT molecular complexity index is 920. The van der Waals surface area contributed by atoms with Gasteiger partial charge in [0.15, 0.2) is 17.3 Å². The zero-order valence-corrected chi connectivity index (χ0v) is 16.1. The monoisotopic (exact) mass is 381 g/mol. The molecule has 0 unspecified atom stereocenters. The number of anilines is 3. The standard InChI is InChI=1S/C20H23N5O3/c1-26-16-6-4-5-14(11-16)9-10-21-20-24-19(13-22-25-20)23-15-7-8-17(27-2)18(12-15)28-3/h4-8,11-13H,9-10H2,1-3H3,(H2,21,23,24,25). The molecule has 8 nitrogen and oxygen atoms in total. The first-order chi connectivity index (χ1) is 13.7. The van der Waals surface area contributed by atoms with E-state index in [1.54, 1.807) is 27.5 Å². The van der Waals surface area contributed by atoms with E-state index in [2.05, 4.69) is 31.9 Å². The Labute approximate surface area is 163 Å². The molecule has 2 N–H and O–H groups in total. The van der Waals surface area contributed by atoms with Gasteiger partial charge >= 0.3 is 0 Å². The van der Waals surface area contributed by atoms with Crippen molar-refractivity contribution in [3.63, 3.8) is 0 Å². The molecule has 0 fully saturated rings. The average Bonchev–Trinajstić information content (AvgIpc) is 2.74. The number of ether oxygens (including phenoxy) is 3. The van der Waals surface area contributed by atoms with Crippen LogP contribution in [0.15, 0.2) is 48.7 Å². The maximum absolute atomic E-state index is 5.32. The van der Waals surface area contributed by atoms with Crippen molar-refractivity contribution in [2.24, 2.45) is 0 Å². The van der Waals surface area contributed by atoms with Gasteiger partial charge in [-0.25, -0.2) is 0 Å². The van der Waals surface area contributed by atoms with E-state index in [4.69, 9.17) is 14.2 Å². The first-order valence-corrected chi connectivity index (χ1v) is 8.77. The Morgan fingerprint density at radius 2 is 1.79 bits per heavy atom. The van der Waals surface area contributed by atoms with Crippen LogP contribution in [0.5, 0.6) is 17.2 Å². The fraction of sp³-hybridized carbons (Fsp3) is 0.250. The van der Waals surface area contributed by atoms with E-state index in [-0.39, 0.29) is 0 Å². The van der Waals surface area contributed by atoms with Crippen molar-refractivity contribution in [2.75, 3.05) is 38.5 Å². The molecule has 0 saturated heterocycles. The first kappa shape index (κ1) is 19.2. The summed E-state index contributed by atoms with van der Waals surface area (Å²) in [4.78, 5) is 4.44. The molecule has 1 aromatic heterocycles. The van der Waals surface area contributed by atoms with Gasteiger partial charge in [-0.3, -0.25) is 0 Å². The summed E-state index contributed by atoms with van der Waals surface area (Å²) < 4.78 is 15.8. The lowest BCUT2D eigenvalue weighted by Gasteiger charge is -2.11. The number of aromatic nitrogens is 3. The highest BCUT2D eigenvalue weighted by Gasteiger charge is 2.06. The quantitative estimate of drug-likeness (QED) is 0.583. The smallest absolute Gasteiger partial charge is 0.244 e. The lowest BCUT2D eigenvalue weighted by atomic mass is 10.1. The van der Waals surface area contributed by atoms with Crippen LogP contribution in [-0.4, -0.2) is 43.1 Å². The maximum Gasteiger partial charge on any atom is 0.244 e. The van der Waals surface area contributed by atoms with Crippen LogP contribution in [0, 0.1) is 0 Å². The number of nitrogens with one attached hydrogen (secondary N) is 2. The molecule has 0 aliphatic carbocycles. The van der Waals surface area contributed by atoms with Crippen molar-refractivity contribution in [3.05, 3.63) is 54.2 Å². The Morgan fingerprint density at radius 3 is 2.57 bits per heavy atom. The fourth-order valence-corrected chi connectivity index (χ4v) is 2.65. The van der Waals surface area contributed by atoms with Gasteiger partial charge < -0.3 is 24.8 Å². The summed E-state index contributed by atoms with van der Waals surface area (Å²) in [6.07, 6.45) is 2.37. The van der Waals surface area contributed by atoms with Crippen molar-refractivity contribution in [2.45, 2.75) is 6.42 Å². The molecule has 1 heterocycles. The van der Waals surface area contributed by atoms with Crippen LogP contribution in [0.3, 0.4) is 0 Å². The third-order valence-corrected chi connectivity index (χ3v) is 4.05. The lowest BCUT2D eigenvalue weighted by molar-refractivity contribution is 0.355. The Morgan fingerprint density at radius 1 is 0.929 bits per heavy atom. The molecule has 3 rings (SSSR count). The summed E-state index contributed by atoms with van der Waals surface area (Å²) in [6.45, 7) is 0.675. The van der Waals surface area contributed by atoms with Gasteiger partial charge in [0.05, 0.1) is 27.5 Å². The molecule has 0 aliphatic heterocycles. The largest absolute Gasteiger partial charge is 0.497 e. The van der Waals surface area contributed by atoms with Crippen LogP contribution in [0.2, 0.25) is 0 Å². The van der Waals surface area contributed by atoms with Gasteiger partial charge in [0.1, 0.15) is 5.75 Å². The summed E-state index contributed by atoms with van der Waals surface area (Å²) in [5.74, 6) is 3.16. The van der Waals surface area contributed by atoms with Crippen LogP contribution in [-0.2, 0) is 6.42 Å². The average molecular weight is 381 g/mol. The molecule has 0 saturated carbocycles. The predicted molar refractivity (Wildman–Crippen MR) is 108 cm³/mol. The molecule has 0 atom stereocenters. The summed E-state index contributed by atoms with van der Waals surface area (Å²) in [5.41, 5.74) is 1.97. The molecule has 28 heavy (non-hydrogen) atoms. The summed E-state index contributed by atoms with van der Waals surface area (Å²) in [5, 5.41) is 14.4. The van der Waals surface area contributed by atoms with Gasteiger partial charge in [-0.15, -0.1) is 5.10 Å². The second-order valence-corrected chi connectivity index (χ2v) is 5.89. The first-order valence-electron chi connectivity index (χ1n) is 8.77. The number of hydrogen-bond acceptors (Lipinski definition) is 8. The van der Waals surface area contributed by atoms with Gasteiger partial charge in [0.2, 0.25) is 5.95 Å². The van der Waals surface area contributed by atoms with Gasteiger partial charge in [0.25, 0.3) is 0 Å².